The van der Waals surface area contributed by atoms with Crippen molar-refractivity contribution in [1.82, 2.24) is 20.0 Å². The molecule has 0 aromatic heterocycles. The van der Waals surface area contributed by atoms with Crippen LogP contribution >= 0.6 is 0 Å². The zero-order chi connectivity index (χ0) is 37.2. The van der Waals surface area contributed by atoms with Gasteiger partial charge in [0.25, 0.3) is 0 Å². The van der Waals surface area contributed by atoms with Crippen LogP contribution in [0.4, 0.5) is 19.2 Å². The first kappa shape index (κ1) is 45.1. The third-order valence-corrected chi connectivity index (χ3v) is 6.57. The van der Waals surface area contributed by atoms with Crippen LogP contribution in [0.15, 0.2) is 0 Å². The molecule has 0 spiro atoms. The Hall–Kier alpha value is -2.92. The minimum absolute atomic E-state index is 0.341. The molecule has 0 unspecified atom stereocenters. The molecule has 0 aliphatic rings. The van der Waals surface area contributed by atoms with Crippen LogP contribution in [-0.4, -0.2) is 107 Å². The number of amides is 4. The average Bonchev–Trinajstić information content (AvgIpc) is 2.88. The highest BCUT2D eigenvalue weighted by Gasteiger charge is 2.25. The molecule has 12 nitrogen and oxygen atoms in total. The fraction of sp³-hybridized carbons (Fsp3) is 0.889. The average molecular weight is 687 g/mol. The standard InChI is InChI=1S/C36H70N4O8/c1-14-38(30(42)46-34(5,6)7)27-22-28-40(32(44)48-36(11,12)13)25-20-18-16-15-17-19-24-39(31(43)47-35(8,9)10)26-21-23-37-29(41)45-33(2,3)4/h14-28H2,1-13H3,(H,37,41). The van der Waals surface area contributed by atoms with Gasteiger partial charge in [-0.3, -0.25) is 0 Å². The first-order valence-electron chi connectivity index (χ1n) is 17.8. The van der Waals surface area contributed by atoms with E-state index in [4.69, 9.17) is 18.9 Å². The number of hydrogen-bond donors (Lipinski definition) is 1. The van der Waals surface area contributed by atoms with Gasteiger partial charge in [-0.25, -0.2) is 19.2 Å². The molecule has 0 bridgehead atoms. The zero-order valence-corrected chi connectivity index (χ0v) is 32.7. The van der Waals surface area contributed by atoms with Crippen LogP contribution in [0.3, 0.4) is 0 Å². The molecule has 48 heavy (non-hydrogen) atoms. The summed E-state index contributed by atoms with van der Waals surface area (Å²) in [7, 11) is 0. The Morgan fingerprint density at radius 2 is 0.750 bits per heavy atom. The van der Waals surface area contributed by atoms with Crippen LogP contribution in [-0.2, 0) is 18.9 Å². The van der Waals surface area contributed by atoms with Crippen LogP contribution in [0.2, 0.25) is 0 Å². The van der Waals surface area contributed by atoms with E-state index in [1.54, 1.807) is 14.7 Å². The van der Waals surface area contributed by atoms with E-state index >= 15 is 0 Å². The second-order valence-electron chi connectivity index (χ2n) is 16.3. The summed E-state index contributed by atoms with van der Waals surface area (Å²) in [6.45, 7) is 27.5. The van der Waals surface area contributed by atoms with Gasteiger partial charge in [0, 0.05) is 45.8 Å². The Labute approximate surface area is 291 Å². The highest BCUT2D eigenvalue weighted by atomic mass is 16.6. The lowest BCUT2D eigenvalue weighted by Gasteiger charge is -2.29. The first-order valence-corrected chi connectivity index (χ1v) is 17.8. The molecule has 0 aliphatic carbocycles. The molecule has 0 aromatic rings. The number of carbonyl (C=O) groups excluding carboxylic acids is 4. The summed E-state index contributed by atoms with van der Waals surface area (Å²) >= 11 is 0. The lowest BCUT2D eigenvalue weighted by atomic mass is 10.1. The summed E-state index contributed by atoms with van der Waals surface area (Å²) < 4.78 is 22.0. The smallest absolute Gasteiger partial charge is 0.410 e. The summed E-state index contributed by atoms with van der Waals surface area (Å²) in [6.07, 6.45) is 5.33. The molecule has 4 amide bonds. The third kappa shape index (κ3) is 25.1. The normalized spacial score (nSPS) is 12.2. The van der Waals surface area contributed by atoms with E-state index in [0.29, 0.717) is 58.7 Å². The molecule has 0 radical (unpaired) electrons. The molecule has 0 aromatic carbocycles. The minimum Gasteiger partial charge on any atom is -0.444 e. The van der Waals surface area contributed by atoms with Gasteiger partial charge in [-0.05, 0) is 116 Å². The Balaban J connectivity index is 4.78. The molecule has 1 N–H and O–H groups in total. The van der Waals surface area contributed by atoms with Crippen molar-refractivity contribution in [2.75, 3.05) is 45.8 Å². The lowest BCUT2D eigenvalue weighted by molar-refractivity contribution is 0.0201. The molecule has 0 aliphatic heterocycles. The van der Waals surface area contributed by atoms with Gasteiger partial charge in [-0.1, -0.05) is 25.7 Å². The van der Waals surface area contributed by atoms with Crippen LogP contribution in [0.25, 0.3) is 0 Å². The van der Waals surface area contributed by atoms with E-state index in [2.05, 4.69) is 5.32 Å². The predicted octanol–water partition coefficient (Wildman–Crippen LogP) is 8.36. The Kier molecular flexibility index (Phi) is 19.9. The van der Waals surface area contributed by atoms with Crippen molar-refractivity contribution < 1.29 is 38.1 Å². The van der Waals surface area contributed by atoms with Crippen LogP contribution in [0.1, 0.15) is 141 Å². The van der Waals surface area contributed by atoms with E-state index in [9.17, 15) is 19.2 Å². The van der Waals surface area contributed by atoms with Crippen LogP contribution < -0.4 is 5.32 Å². The number of nitrogens with zero attached hydrogens (tertiary/aromatic N) is 3. The van der Waals surface area contributed by atoms with Gasteiger partial charge in [0.15, 0.2) is 0 Å². The second kappa shape index (κ2) is 21.2. The maximum atomic E-state index is 12.9. The molecular weight excluding hydrogens is 616 g/mol. The summed E-state index contributed by atoms with van der Waals surface area (Å²) in [4.78, 5) is 55.3. The van der Waals surface area contributed by atoms with Gasteiger partial charge in [-0.15, -0.1) is 0 Å². The molecule has 282 valence electrons. The molecule has 0 saturated heterocycles. The predicted molar refractivity (Wildman–Crippen MR) is 190 cm³/mol. The van der Waals surface area contributed by atoms with Crippen molar-refractivity contribution in [3.63, 3.8) is 0 Å². The molecule has 0 fully saturated rings. The van der Waals surface area contributed by atoms with Crippen LogP contribution in [0.5, 0.6) is 0 Å². The summed E-state index contributed by atoms with van der Waals surface area (Å²) in [6, 6.07) is 0. The van der Waals surface area contributed by atoms with E-state index < -0.39 is 28.5 Å². The molecular formula is C36H70N4O8. The van der Waals surface area contributed by atoms with E-state index in [-0.39, 0.29) is 18.3 Å². The Morgan fingerprint density at radius 1 is 0.438 bits per heavy atom. The SMILES string of the molecule is CCN(CCCN(CCCCCCCCN(CCCNC(=O)OC(C)(C)C)C(=O)OC(C)(C)C)C(=O)OC(C)(C)C)C(=O)OC(C)(C)C. The fourth-order valence-electron chi connectivity index (χ4n) is 4.49. The second-order valence-corrected chi connectivity index (χ2v) is 16.3. The number of ether oxygens (including phenoxy) is 4. The van der Waals surface area contributed by atoms with Crippen LogP contribution in [0, 0.1) is 0 Å². The summed E-state index contributed by atoms with van der Waals surface area (Å²) in [5.74, 6) is 0. The van der Waals surface area contributed by atoms with E-state index in [0.717, 1.165) is 38.5 Å². The minimum atomic E-state index is -0.594. The number of carbonyl (C=O) groups is 4. The molecule has 0 saturated carbocycles. The topological polar surface area (TPSA) is 127 Å². The van der Waals surface area contributed by atoms with Crippen molar-refractivity contribution >= 4 is 24.4 Å². The number of nitrogens with one attached hydrogen (secondary N) is 1. The highest BCUT2D eigenvalue weighted by Crippen LogP contribution is 2.15. The number of hydrogen-bond acceptors (Lipinski definition) is 8. The van der Waals surface area contributed by atoms with Crippen molar-refractivity contribution in [1.29, 1.82) is 0 Å². The largest absolute Gasteiger partial charge is 0.444 e. The third-order valence-electron chi connectivity index (χ3n) is 6.57. The number of unbranched alkanes of at least 4 members (excludes halogenated alkanes) is 5. The van der Waals surface area contributed by atoms with Crippen molar-refractivity contribution in [2.45, 2.75) is 164 Å². The summed E-state index contributed by atoms with van der Waals surface area (Å²) in [5, 5.41) is 2.74. The van der Waals surface area contributed by atoms with Crippen molar-refractivity contribution in [3.8, 4) is 0 Å². The van der Waals surface area contributed by atoms with Crippen molar-refractivity contribution in [2.24, 2.45) is 0 Å². The zero-order valence-electron chi connectivity index (χ0n) is 32.7. The molecule has 12 heteroatoms. The van der Waals surface area contributed by atoms with Gasteiger partial charge in [-0.2, -0.15) is 0 Å². The quantitative estimate of drug-likeness (QED) is 0.113. The van der Waals surface area contributed by atoms with E-state index in [1.807, 2.05) is 90.0 Å². The number of rotatable bonds is 18. The van der Waals surface area contributed by atoms with Gasteiger partial charge in [0.05, 0.1) is 0 Å². The van der Waals surface area contributed by atoms with Gasteiger partial charge < -0.3 is 39.0 Å². The maximum absolute atomic E-state index is 12.9. The van der Waals surface area contributed by atoms with Gasteiger partial charge in [0.2, 0.25) is 0 Å². The molecule has 0 rings (SSSR count). The highest BCUT2D eigenvalue weighted by molar-refractivity contribution is 5.69. The maximum Gasteiger partial charge on any atom is 0.410 e. The Bertz CT molecular complexity index is 961. The molecule has 0 heterocycles. The summed E-state index contributed by atoms with van der Waals surface area (Å²) in [5.41, 5.74) is -2.31. The van der Waals surface area contributed by atoms with Crippen molar-refractivity contribution in [3.05, 3.63) is 0 Å². The van der Waals surface area contributed by atoms with Gasteiger partial charge >= 0.3 is 24.4 Å². The number of alkyl carbamates (subject to hydrolysis) is 1. The van der Waals surface area contributed by atoms with E-state index in [1.165, 1.54) is 0 Å². The fourth-order valence-corrected chi connectivity index (χ4v) is 4.49. The van der Waals surface area contributed by atoms with Gasteiger partial charge in [0.1, 0.15) is 22.4 Å². The first-order chi connectivity index (χ1) is 21.9. The molecule has 0 atom stereocenters. The monoisotopic (exact) mass is 687 g/mol. The Morgan fingerprint density at radius 3 is 1.12 bits per heavy atom. The lowest BCUT2D eigenvalue weighted by Crippen LogP contribution is -2.41.